The number of carbonyl (C=O) groups is 2. The third-order valence-corrected chi connectivity index (χ3v) is 8.59. The van der Waals surface area contributed by atoms with Crippen molar-refractivity contribution in [2.24, 2.45) is 40.4 Å². The first-order valence-corrected chi connectivity index (χ1v) is 9.65. The van der Waals surface area contributed by atoms with E-state index < -0.39 is 0 Å². The normalized spacial score (nSPS) is 50.8. The molecule has 0 aromatic carbocycles. The van der Waals surface area contributed by atoms with Crippen LogP contribution in [0.3, 0.4) is 0 Å². The lowest BCUT2D eigenvalue weighted by Crippen LogP contribution is -2.56. The average Bonchev–Trinajstić information content (AvgIpc) is 2.84. The fourth-order valence-corrected chi connectivity index (χ4v) is 7.02. The van der Waals surface area contributed by atoms with E-state index >= 15 is 0 Å². The molecule has 3 fully saturated rings. The molecule has 0 spiro atoms. The van der Waals surface area contributed by atoms with Gasteiger partial charge in [-0.2, -0.15) is 0 Å². The predicted octanol–water partition coefficient (Wildman–Crippen LogP) is 4.53. The molecule has 0 bridgehead atoms. The van der Waals surface area contributed by atoms with Gasteiger partial charge in [0.2, 0.25) is 0 Å². The Balaban J connectivity index is 1.80. The molecule has 0 unspecified atom stereocenters. The Bertz CT molecular complexity index is 623. The molecule has 24 heavy (non-hydrogen) atoms. The van der Waals surface area contributed by atoms with Crippen molar-refractivity contribution in [3.05, 3.63) is 11.6 Å². The molecule has 4 rings (SSSR count). The van der Waals surface area contributed by atoms with Gasteiger partial charge in [-0.3, -0.25) is 14.0 Å². The van der Waals surface area contributed by atoms with Crippen LogP contribution in [0.5, 0.6) is 0 Å². The minimum atomic E-state index is -0.321. The third-order valence-electron chi connectivity index (χ3n) is 8.59. The summed E-state index contributed by atoms with van der Waals surface area (Å²) in [6, 6.07) is 0. The molecular weight excluding hydrogens is 303 g/mol. The van der Waals surface area contributed by atoms with Gasteiger partial charge < -0.3 is 0 Å². The molecule has 7 atom stereocenters. The molecule has 3 heteroatoms. The van der Waals surface area contributed by atoms with E-state index in [-0.39, 0.29) is 29.2 Å². The standard InChI is InChI=1S/C21H29FO2/c1-12-8-15(23)10-14-9-13(11-22)19-16-4-5-18(24)20(16,2)7-6-17(19)21(12,14)3/h10,12-13,16-17,19H,4-9,11H2,1-3H3/t12-,13+,16+,17+,19+,20+,21+/m1/s1. The van der Waals surface area contributed by atoms with Crippen molar-refractivity contribution >= 4 is 11.6 Å². The van der Waals surface area contributed by atoms with Gasteiger partial charge in [-0.15, -0.1) is 0 Å². The largest absolute Gasteiger partial charge is 0.299 e. The molecular formula is C21H29FO2. The number of hydrogen-bond donors (Lipinski definition) is 0. The van der Waals surface area contributed by atoms with Gasteiger partial charge >= 0.3 is 0 Å². The molecule has 0 aromatic rings. The van der Waals surface area contributed by atoms with Gasteiger partial charge in [-0.25, -0.2) is 0 Å². The highest BCUT2D eigenvalue weighted by Crippen LogP contribution is 2.66. The Morgan fingerprint density at radius 2 is 1.92 bits per heavy atom. The van der Waals surface area contributed by atoms with Crippen LogP contribution in [0.15, 0.2) is 11.6 Å². The van der Waals surface area contributed by atoms with Crippen LogP contribution in [0.25, 0.3) is 0 Å². The van der Waals surface area contributed by atoms with Gasteiger partial charge in [0.05, 0.1) is 6.67 Å². The van der Waals surface area contributed by atoms with Crippen molar-refractivity contribution in [3.63, 3.8) is 0 Å². The zero-order valence-electron chi connectivity index (χ0n) is 15.1. The molecule has 0 aliphatic heterocycles. The summed E-state index contributed by atoms with van der Waals surface area (Å²) in [6.45, 7) is 6.34. The summed E-state index contributed by atoms with van der Waals surface area (Å²) in [6.07, 6.45) is 6.74. The van der Waals surface area contributed by atoms with Crippen molar-refractivity contribution in [3.8, 4) is 0 Å². The number of hydrogen-bond acceptors (Lipinski definition) is 2. The summed E-state index contributed by atoms with van der Waals surface area (Å²) in [7, 11) is 0. The van der Waals surface area contributed by atoms with E-state index in [0.29, 0.717) is 48.7 Å². The second-order valence-corrected chi connectivity index (χ2v) is 9.35. The Labute approximate surface area is 144 Å². The summed E-state index contributed by atoms with van der Waals surface area (Å²) >= 11 is 0. The van der Waals surface area contributed by atoms with Gasteiger partial charge in [0.15, 0.2) is 5.78 Å². The molecule has 132 valence electrons. The summed E-state index contributed by atoms with van der Waals surface area (Å²) in [4.78, 5) is 24.6. The first-order valence-electron chi connectivity index (χ1n) is 9.65. The van der Waals surface area contributed by atoms with Gasteiger partial charge in [-0.05, 0) is 66.8 Å². The first-order chi connectivity index (χ1) is 11.3. The highest BCUT2D eigenvalue weighted by Gasteiger charge is 2.62. The van der Waals surface area contributed by atoms with Crippen LogP contribution in [0.2, 0.25) is 0 Å². The molecule has 2 nitrogen and oxygen atoms in total. The van der Waals surface area contributed by atoms with Crippen LogP contribution >= 0.6 is 0 Å². The van der Waals surface area contributed by atoms with E-state index in [2.05, 4.69) is 20.8 Å². The molecule has 0 saturated heterocycles. The van der Waals surface area contributed by atoms with Crippen LogP contribution in [-0.4, -0.2) is 18.2 Å². The van der Waals surface area contributed by atoms with Crippen LogP contribution < -0.4 is 0 Å². The molecule has 0 radical (unpaired) electrons. The molecule has 0 aromatic heterocycles. The minimum absolute atomic E-state index is 0.0111. The van der Waals surface area contributed by atoms with E-state index in [4.69, 9.17) is 0 Å². The van der Waals surface area contributed by atoms with Crippen molar-refractivity contribution in [1.82, 2.24) is 0 Å². The van der Waals surface area contributed by atoms with Crippen LogP contribution in [0.4, 0.5) is 4.39 Å². The number of fused-ring (bicyclic) bond motifs is 5. The molecule has 4 aliphatic rings. The van der Waals surface area contributed by atoms with E-state index in [0.717, 1.165) is 19.3 Å². The van der Waals surface area contributed by atoms with Gasteiger partial charge in [0, 0.05) is 18.3 Å². The van der Waals surface area contributed by atoms with Gasteiger partial charge in [-0.1, -0.05) is 26.3 Å². The number of ketones is 2. The number of halogens is 1. The van der Waals surface area contributed by atoms with E-state index in [1.165, 1.54) is 5.57 Å². The maximum atomic E-state index is 14.0. The van der Waals surface area contributed by atoms with Crippen molar-refractivity contribution < 1.29 is 14.0 Å². The van der Waals surface area contributed by atoms with Crippen molar-refractivity contribution in [2.75, 3.05) is 6.67 Å². The highest BCUT2D eigenvalue weighted by molar-refractivity contribution is 5.92. The lowest BCUT2D eigenvalue weighted by Gasteiger charge is -2.60. The lowest BCUT2D eigenvalue weighted by atomic mass is 9.43. The molecule has 3 saturated carbocycles. The van der Waals surface area contributed by atoms with E-state index in [9.17, 15) is 14.0 Å². The SMILES string of the molecule is C[C@@H]1CC(=O)C=C2C[C@@H](CF)[C@@H]3[C@H](CC[C@]4(C)C(=O)CC[C@@H]34)[C@]21C. The number of allylic oxidation sites excluding steroid dienone is 1. The van der Waals surface area contributed by atoms with Crippen molar-refractivity contribution in [1.29, 1.82) is 0 Å². The summed E-state index contributed by atoms with van der Waals surface area (Å²) in [5.74, 6) is 1.99. The second-order valence-electron chi connectivity index (χ2n) is 9.35. The summed E-state index contributed by atoms with van der Waals surface area (Å²) in [5.41, 5.74) is 0.986. The zero-order chi connectivity index (χ0) is 17.3. The first kappa shape index (κ1) is 16.5. The third kappa shape index (κ3) is 1.93. The smallest absolute Gasteiger partial charge is 0.155 e. The molecule has 4 aliphatic carbocycles. The van der Waals surface area contributed by atoms with Crippen LogP contribution in [0.1, 0.15) is 59.3 Å². The quantitative estimate of drug-likeness (QED) is 0.707. The maximum Gasteiger partial charge on any atom is 0.155 e. The summed E-state index contributed by atoms with van der Waals surface area (Å²) in [5, 5.41) is 0. The number of rotatable bonds is 1. The monoisotopic (exact) mass is 332 g/mol. The number of carbonyl (C=O) groups excluding carboxylic acids is 2. The molecule has 0 N–H and O–H groups in total. The number of alkyl halides is 1. The molecule has 0 heterocycles. The fraction of sp³-hybridized carbons (Fsp3) is 0.810. The zero-order valence-corrected chi connectivity index (χ0v) is 15.1. The summed E-state index contributed by atoms with van der Waals surface area (Å²) < 4.78 is 14.0. The Morgan fingerprint density at radius 3 is 2.62 bits per heavy atom. The Hall–Kier alpha value is -0.990. The van der Waals surface area contributed by atoms with Crippen LogP contribution in [0, 0.1) is 40.4 Å². The predicted molar refractivity (Wildman–Crippen MR) is 91.1 cm³/mol. The average molecular weight is 332 g/mol. The second kappa shape index (κ2) is 5.25. The number of Topliss-reactive ketones (excluding diaryl/α,β-unsaturated/α-hetero) is 1. The molecule has 0 amide bonds. The van der Waals surface area contributed by atoms with Crippen LogP contribution in [-0.2, 0) is 9.59 Å². The maximum absolute atomic E-state index is 14.0. The van der Waals surface area contributed by atoms with E-state index in [1.54, 1.807) is 0 Å². The fourth-order valence-electron chi connectivity index (χ4n) is 7.02. The van der Waals surface area contributed by atoms with Gasteiger partial charge in [0.1, 0.15) is 5.78 Å². The van der Waals surface area contributed by atoms with Gasteiger partial charge in [0.25, 0.3) is 0 Å². The van der Waals surface area contributed by atoms with Crippen molar-refractivity contribution in [2.45, 2.75) is 59.3 Å². The Morgan fingerprint density at radius 1 is 1.17 bits per heavy atom. The minimum Gasteiger partial charge on any atom is -0.299 e. The highest BCUT2D eigenvalue weighted by atomic mass is 19.1. The lowest BCUT2D eigenvalue weighted by molar-refractivity contribution is -0.137. The topological polar surface area (TPSA) is 34.1 Å². The Kier molecular flexibility index (Phi) is 3.61. The van der Waals surface area contributed by atoms with E-state index in [1.807, 2.05) is 6.08 Å².